The molecule has 0 radical (unpaired) electrons. The molecule has 0 atom stereocenters. The number of halogens is 3. The number of carbonyl (C=O) groups is 1. The molecule has 0 fully saturated rings. The van der Waals surface area contributed by atoms with Crippen LogP contribution in [0.2, 0.25) is 0 Å². The summed E-state index contributed by atoms with van der Waals surface area (Å²) in [5.74, 6) is -0.548. The van der Waals surface area contributed by atoms with Crippen LogP contribution in [-0.2, 0) is 22.3 Å². The third-order valence-corrected chi connectivity index (χ3v) is 3.08. The molecule has 0 N–H and O–H groups in total. The van der Waals surface area contributed by atoms with Gasteiger partial charge in [0.25, 0.3) is 0 Å². The lowest BCUT2D eigenvalue weighted by molar-refractivity contribution is -0.155. The number of aromatic nitrogens is 1. The molecule has 0 saturated heterocycles. The summed E-state index contributed by atoms with van der Waals surface area (Å²) in [4.78, 5) is 11.9. The Bertz CT molecular complexity index is 792. The van der Waals surface area contributed by atoms with E-state index in [0.29, 0.717) is 0 Å². The Labute approximate surface area is 131 Å². The van der Waals surface area contributed by atoms with Gasteiger partial charge in [0.15, 0.2) is 0 Å². The summed E-state index contributed by atoms with van der Waals surface area (Å²) in [6.45, 7) is 4.92. The maximum absolute atomic E-state index is 13.2. The topological polar surface area (TPSA) is 55.0 Å². The quantitative estimate of drug-likeness (QED) is 0.788. The highest BCUT2D eigenvalue weighted by Crippen LogP contribution is 2.37. The molecule has 23 heavy (non-hydrogen) atoms. The summed E-state index contributed by atoms with van der Waals surface area (Å²) in [6.07, 6.45) is -3.27. The first-order valence-corrected chi connectivity index (χ1v) is 6.84. The van der Waals surface area contributed by atoms with Crippen LogP contribution in [0.4, 0.5) is 13.2 Å². The largest absolute Gasteiger partial charge is 0.459 e. The minimum absolute atomic E-state index is 0.111. The van der Waals surface area contributed by atoms with Gasteiger partial charge in [-0.25, -0.2) is 0 Å². The predicted octanol–water partition coefficient (Wildman–Crippen LogP) is 3.87. The number of nitriles is 1. The summed E-state index contributed by atoms with van der Waals surface area (Å²) < 4.78 is 46.2. The first-order valence-electron chi connectivity index (χ1n) is 6.84. The first-order chi connectivity index (χ1) is 10.5. The van der Waals surface area contributed by atoms with Crippen LogP contribution < -0.4 is 0 Å². The Morgan fingerprint density at radius 2 is 1.91 bits per heavy atom. The monoisotopic (exact) mass is 324 g/mol. The van der Waals surface area contributed by atoms with Crippen molar-refractivity contribution >= 4 is 16.9 Å². The van der Waals surface area contributed by atoms with E-state index in [4.69, 9.17) is 10.00 Å². The van der Waals surface area contributed by atoms with Crippen LogP contribution in [0.3, 0.4) is 0 Å². The third-order valence-electron chi connectivity index (χ3n) is 3.08. The van der Waals surface area contributed by atoms with E-state index in [1.165, 1.54) is 22.9 Å². The van der Waals surface area contributed by atoms with E-state index in [-0.39, 0.29) is 17.4 Å². The predicted molar refractivity (Wildman–Crippen MR) is 77.5 cm³/mol. The molecule has 0 aliphatic rings. The fourth-order valence-corrected chi connectivity index (χ4v) is 2.32. The average Bonchev–Trinajstić information content (AvgIpc) is 2.77. The van der Waals surface area contributed by atoms with Crippen molar-refractivity contribution in [1.82, 2.24) is 4.57 Å². The lowest BCUT2D eigenvalue weighted by Gasteiger charge is -2.20. The number of rotatable bonds is 2. The molecule has 0 amide bonds. The average molecular weight is 324 g/mol. The highest BCUT2D eigenvalue weighted by atomic mass is 19.4. The van der Waals surface area contributed by atoms with Crippen molar-refractivity contribution in [1.29, 1.82) is 5.26 Å². The Kier molecular flexibility index (Phi) is 4.12. The molecular weight excluding hydrogens is 309 g/mol. The standard InChI is InChI=1S/C16H15F3N2O2/c1-15(2,3)23-13(22)9-21-7-6-11-12(21)5-4-10(8-20)14(11)16(17,18)19/h4-7H,9H2,1-3H3. The van der Waals surface area contributed by atoms with Crippen molar-refractivity contribution in [3.63, 3.8) is 0 Å². The molecular formula is C16H15F3N2O2. The summed E-state index contributed by atoms with van der Waals surface area (Å²) >= 11 is 0. The van der Waals surface area contributed by atoms with E-state index >= 15 is 0 Å². The number of alkyl halides is 3. The third kappa shape index (κ3) is 3.65. The Balaban J connectivity index is 2.47. The number of nitrogens with zero attached hydrogens (tertiary/aromatic N) is 2. The van der Waals surface area contributed by atoms with Crippen LogP contribution in [0, 0.1) is 11.3 Å². The Hall–Kier alpha value is -2.49. The van der Waals surface area contributed by atoms with Gasteiger partial charge in [0.05, 0.1) is 17.2 Å². The molecule has 2 aromatic rings. The van der Waals surface area contributed by atoms with Crippen LogP contribution in [-0.4, -0.2) is 16.1 Å². The van der Waals surface area contributed by atoms with Crippen molar-refractivity contribution in [2.24, 2.45) is 0 Å². The fourth-order valence-electron chi connectivity index (χ4n) is 2.32. The number of hydrogen-bond acceptors (Lipinski definition) is 3. The summed E-state index contributed by atoms with van der Waals surface area (Å²) in [7, 11) is 0. The number of fused-ring (bicyclic) bond motifs is 1. The highest BCUT2D eigenvalue weighted by molar-refractivity contribution is 5.87. The molecule has 0 bridgehead atoms. The minimum Gasteiger partial charge on any atom is -0.459 e. The second-order valence-electron chi connectivity index (χ2n) is 6.06. The molecule has 1 aromatic carbocycles. The van der Waals surface area contributed by atoms with Gasteiger partial charge in [0.2, 0.25) is 0 Å². The summed E-state index contributed by atoms with van der Waals surface area (Å²) in [6, 6.07) is 5.31. The summed E-state index contributed by atoms with van der Waals surface area (Å²) in [5, 5.41) is 8.78. The molecule has 1 aromatic heterocycles. The SMILES string of the molecule is CC(C)(C)OC(=O)Cn1ccc2c(C(F)(F)F)c(C#N)ccc21. The second kappa shape index (κ2) is 5.61. The molecule has 1 heterocycles. The summed E-state index contributed by atoms with van der Waals surface area (Å²) in [5.41, 5.74) is -1.88. The van der Waals surface area contributed by atoms with Crippen LogP contribution in [0.15, 0.2) is 24.4 Å². The van der Waals surface area contributed by atoms with Gasteiger partial charge in [0.1, 0.15) is 12.1 Å². The molecule has 0 spiro atoms. The number of hydrogen-bond donors (Lipinski definition) is 0. The van der Waals surface area contributed by atoms with Crippen molar-refractivity contribution in [3.8, 4) is 6.07 Å². The maximum Gasteiger partial charge on any atom is 0.418 e. The minimum atomic E-state index is -4.65. The van der Waals surface area contributed by atoms with E-state index in [2.05, 4.69) is 0 Å². The van der Waals surface area contributed by atoms with Crippen molar-refractivity contribution in [2.75, 3.05) is 0 Å². The molecule has 0 aliphatic carbocycles. The van der Waals surface area contributed by atoms with Gasteiger partial charge in [-0.1, -0.05) is 0 Å². The van der Waals surface area contributed by atoms with E-state index in [1.807, 2.05) is 0 Å². The van der Waals surface area contributed by atoms with Gasteiger partial charge in [0, 0.05) is 17.1 Å². The van der Waals surface area contributed by atoms with Gasteiger partial charge in [-0.15, -0.1) is 0 Å². The van der Waals surface area contributed by atoms with Crippen molar-refractivity contribution in [2.45, 2.75) is 39.1 Å². The zero-order valence-corrected chi connectivity index (χ0v) is 12.9. The maximum atomic E-state index is 13.2. The van der Waals surface area contributed by atoms with Gasteiger partial charge in [-0.2, -0.15) is 18.4 Å². The highest BCUT2D eigenvalue weighted by Gasteiger charge is 2.36. The number of ether oxygens (including phenoxy) is 1. The van der Waals surface area contributed by atoms with Crippen molar-refractivity contribution < 1.29 is 22.7 Å². The zero-order valence-electron chi connectivity index (χ0n) is 12.9. The van der Waals surface area contributed by atoms with Crippen LogP contribution in [0.1, 0.15) is 31.9 Å². The number of carbonyl (C=O) groups excluding carboxylic acids is 1. The van der Waals surface area contributed by atoms with Gasteiger partial charge in [-0.3, -0.25) is 4.79 Å². The van der Waals surface area contributed by atoms with Gasteiger partial charge < -0.3 is 9.30 Å². The fraction of sp³-hybridized carbons (Fsp3) is 0.375. The lowest BCUT2D eigenvalue weighted by Crippen LogP contribution is -2.26. The molecule has 2 rings (SSSR count). The smallest absolute Gasteiger partial charge is 0.418 e. The van der Waals surface area contributed by atoms with Gasteiger partial charge >= 0.3 is 12.1 Å². The van der Waals surface area contributed by atoms with Crippen LogP contribution in [0.5, 0.6) is 0 Å². The number of benzene rings is 1. The Morgan fingerprint density at radius 1 is 1.26 bits per heavy atom. The Morgan fingerprint density at radius 3 is 2.43 bits per heavy atom. The zero-order chi connectivity index (χ0) is 17.4. The molecule has 4 nitrogen and oxygen atoms in total. The van der Waals surface area contributed by atoms with E-state index in [9.17, 15) is 18.0 Å². The molecule has 7 heteroatoms. The molecule has 0 saturated carbocycles. The normalized spacial score (nSPS) is 12.2. The molecule has 0 unspecified atom stereocenters. The number of esters is 1. The van der Waals surface area contributed by atoms with Crippen molar-refractivity contribution in [3.05, 3.63) is 35.5 Å². The van der Waals surface area contributed by atoms with Gasteiger partial charge in [-0.05, 0) is 39.0 Å². The van der Waals surface area contributed by atoms with Crippen LogP contribution in [0.25, 0.3) is 10.9 Å². The second-order valence-corrected chi connectivity index (χ2v) is 6.06. The molecule has 122 valence electrons. The van der Waals surface area contributed by atoms with Crippen LogP contribution >= 0.6 is 0 Å². The molecule has 0 aliphatic heterocycles. The lowest BCUT2D eigenvalue weighted by atomic mass is 10.0. The first kappa shape index (κ1) is 16.9. The van der Waals surface area contributed by atoms with E-state index in [0.717, 1.165) is 6.07 Å². The van der Waals surface area contributed by atoms with E-state index < -0.39 is 28.9 Å². The van der Waals surface area contributed by atoms with E-state index in [1.54, 1.807) is 26.8 Å².